The SMILES string of the molecule is Cc1ccc(-c2nc(-c3ccccc3)c3ccccc3n2)cc1.Cc1ccc(-c2nc(-c3ccccc3)nc(-c3ccccc3)n2)cc1.Cc1cccc(-c2nc(-c3ccccc3)nc(-c3ccccc3)n2)c1.Cc1cccc(-c2nc(-c3ccccc3)nc3ccccc23)c1.Cc1nc(-c2ccccc2)nc(-c2ccccc2)n1. The molecule has 0 amide bonds. The van der Waals surface area contributed by atoms with Gasteiger partial charge in [0.25, 0.3) is 0 Å². The van der Waals surface area contributed by atoms with Crippen LogP contribution in [0.4, 0.5) is 0 Å². The lowest BCUT2D eigenvalue weighted by molar-refractivity contribution is 0.992. The van der Waals surface area contributed by atoms with Gasteiger partial charge in [-0.2, -0.15) is 0 Å². The minimum absolute atomic E-state index is 0.685. The summed E-state index contributed by atoms with van der Waals surface area (Å²) in [7, 11) is 0. The van der Waals surface area contributed by atoms with E-state index in [9.17, 15) is 0 Å². The summed E-state index contributed by atoms with van der Waals surface area (Å²) in [4.78, 5) is 60.8. The Hall–Kier alpha value is -15.2. The van der Waals surface area contributed by atoms with Gasteiger partial charge in [0.2, 0.25) is 0 Å². The Bertz CT molecular complexity index is 6240. The predicted octanol–water partition coefficient (Wildman–Crippen LogP) is 24.4. The molecule has 5 heterocycles. The summed E-state index contributed by atoms with van der Waals surface area (Å²) in [6, 6.07) is 130. The molecule has 19 rings (SSSR count). The molecule has 0 spiro atoms. The van der Waals surface area contributed by atoms with Crippen LogP contribution >= 0.6 is 0 Å². The molecule has 5 aromatic heterocycles. The molecule has 19 aromatic rings. The number of fused-ring (bicyclic) bond motifs is 2. The number of para-hydroxylation sites is 2. The number of aryl methyl sites for hydroxylation is 5. The van der Waals surface area contributed by atoms with Crippen molar-refractivity contribution >= 4 is 21.8 Å². The highest BCUT2D eigenvalue weighted by molar-refractivity contribution is 5.95. The van der Waals surface area contributed by atoms with E-state index in [-0.39, 0.29) is 0 Å². The molecule has 13 heteroatoms. The third kappa shape index (κ3) is 19.3. The Kier molecular flexibility index (Phi) is 23.9. The topological polar surface area (TPSA) is 168 Å². The van der Waals surface area contributed by atoms with E-state index in [0.717, 1.165) is 117 Å². The van der Waals surface area contributed by atoms with Crippen molar-refractivity contribution in [1.29, 1.82) is 0 Å². The van der Waals surface area contributed by atoms with Crippen LogP contribution in [0.15, 0.2) is 388 Å². The summed E-state index contributed by atoms with van der Waals surface area (Å²) in [5, 5.41) is 2.16. The minimum atomic E-state index is 0.685. The molecular weight excluding hydrogens is 1410 g/mol. The number of nitrogens with zero attached hydrogens (tertiary/aromatic N) is 13. The second-order valence-corrected chi connectivity index (χ2v) is 27.4. The van der Waals surface area contributed by atoms with E-state index >= 15 is 0 Å². The Labute approximate surface area is 669 Å². The largest absolute Gasteiger partial charge is 0.228 e. The molecule has 0 bridgehead atoms. The molecule has 0 fully saturated rings. The average molecular weight is 1490 g/mol. The number of hydrogen-bond donors (Lipinski definition) is 0. The first kappa shape index (κ1) is 75.2. The summed E-state index contributed by atoms with van der Waals surface area (Å²) < 4.78 is 0. The van der Waals surface area contributed by atoms with Crippen LogP contribution in [-0.2, 0) is 0 Å². The van der Waals surface area contributed by atoms with E-state index < -0.39 is 0 Å². The van der Waals surface area contributed by atoms with Gasteiger partial charge < -0.3 is 0 Å². The molecule has 0 N–H and O–H groups in total. The molecular formula is C102H79N13. The van der Waals surface area contributed by atoms with Gasteiger partial charge >= 0.3 is 0 Å². The van der Waals surface area contributed by atoms with Crippen molar-refractivity contribution in [2.45, 2.75) is 34.6 Å². The molecule has 0 unspecified atom stereocenters. The maximum absolute atomic E-state index is 4.87. The third-order valence-corrected chi connectivity index (χ3v) is 18.7. The van der Waals surface area contributed by atoms with Crippen LogP contribution in [0.1, 0.15) is 28.1 Å². The van der Waals surface area contributed by atoms with Crippen molar-refractivity contribution in [2.75, 3.05) is 0 Å². The average Bonchev–Trinajstić information content (AvgIpc) is 0.789. The first-order valence-corrected chi connectivity index (χ1v) is 38.0. The van der Waals surface area contributed by atoms with Crippen LogP contribution in [0.3, 0.4) is 0 Å². The van der Waals surface area contributed by atoms with Gasteiger partial charge in [0, 0.05) is 77.5 Å². The van der Waals surface area contributed by atoms with Gasteiger partial charge in [-0.1, -0.05) is 386 Å². The van der Waals surface area contributed by atoms with E-state index in [1.165, 1.54) is 22.3 Å². The number of rotatable bonds is 12. The van der Waals surface area contributed by atoms with Crippen molar-refractivity contribution < 1.29 is 0 Å². The van der Waals surface area contributed by atoms with E-state index in [0.29, 0.717) is 46.6 Å². The van der Waals surface area contributed by atoms with Crippen LogP contribution in [0.25, 0.3) is 158 Å². The monoisotopic (exact) mass is 1490 g/mol. The van der Waals surface area contributed by atoms with Crippen molar-refractivity contribution in [1.82, 2.24) is 64.8 Å². The van der Waals surface area contributed by atoms with Crippen LogP contribution in [0.5, 0.6) is 0 Å². The lowest BCUT2D eigenvalue weighted by atomic mass is 10.0. The predicted molar refractivity (Wildman–Crippen MR) is 467 cm³/mol. The molecule has 0 aliphatic heterocycles. The summed E-state index contributed by atoms with van der Waals surface area (Å²) in [5.74, 6) is 7.81. The van der Waals surface area contributed by atoms with Gasteiger partial charge in [-0.3, -0.25) is 0 Å². The van der Waals surface area contributed by atoms with Crippen molar-refractivity contribution in [3.05, 3.63) is 416 Å². The molecule has 115 heavy (non-hydrogen) atoms. The molecule has 0 atom stereocenters. The third-order valence-electron chi connectivity index (χ3n) is 18.7. The van der Waals surface area contributed by atoms with Gasteiger partial charge in [-0.05, 0) is 58.9 Å². The van der Waals surface area contributed by atoms with E-state index in [2.05, 4.69) is 140 Å². The number of aromatic nitrogens is 13. The quantitative estimate of drug-likeness (QED) is 0.113. The van der Waals surface area contributed by atoms with Crippen molar-refractivity contribution in [3.8, 4) is 136 Å². The molecule has 552 valence electrons. The van der Waals surface area contributed by atoms with Crippen molar-refractivity contribution in [3.63, 3.8) is 0 Å². The summed E-state index contributed by atoms with van der Waals surface area (Å²) in [6.45, 7) is 10.2. The Morgan fingerprint density at radius 2 is 0.357 bits per heavy atom. The van der Waals surface area contributed by atoms with Crippen molar-refractivity contribution in [2.24, 2.45) is 0 Å². The fraction of sp³-hybridized carbons (Fsp3) is 0.0490. The van der Waals surface area contributed by atoms with E-state index in [1.807, 2.05) is 298 Å². The normalized spacial score (nSPS) is 10.7. The Morgan fingerprint density at radius 1 is 0.139 bits per heavy atom. The highest BCUT2D eigenvalue weighted by Crippen LogP contribution is 2.33. The summed E-state index contributed by atoms with van der Waals surface area (Å²) >= 11 is 0. The lowest BCUT2D eigenvalue weighted by Crippen LogP contribution is -2.00. The molecule has 0 aliphatic rings. The molecule has 14 aromatic carbocycles. The van der Waals surface area contributed by atoms with Gasteiger partial charge in [0.1, 0.15) is 5.82 Å². The molecule has 0 aliphatic carbocycles. The molecule has 0 saturated heterocycles. The minimum Gasteiger partial charge on any atom is -0.228 e. The lowest BCUT2D eigenvalue weighted by Gasteiger charge is -2.09. The maximum Gasteiger partial charge on any atom is 0.164 e. The molecule has 13 nitrogen and oxygen atoms in total. The van der Waals surface area contributed by atoms with Gasteiger partial charge in [-0.25, -0.2) is 64.8 Å². The van der Waals surface area contributed by atoms with Crippen LogP contribution in [0.2, 0.25) is 0 Å². The first-order chi connectivity index (χ1) is 56.5. The number of hydrogen-bond acceptors (Lipinski definition) is 13. The zero-order valence-corrected chi connectivity index (χ0v) is 64.3. The Morgan fingerprint density at radius 3 is 0.661 bits per heavy atom. The summed E-state index contributed by atoms with van der Waals surface area (Å²) in [6.07, 6.45) is 0. The van der Waals surface area contributed by atoms with Crippen LogP contribution in [0, 0.1) is 34.6 Å². The second kappa shape index (κ2) is 36.5. The smallest absolute Gasteiger partial charge is 0.164 e. The standard InChI is InChI=1S/2C22H17N3.2C21H16N2.C16H13N3/c1-16-9-8-14-19(15-16)22-24-20(17-10-4-2-5-11-17)23-21(25-22)18-12-6-3-7-13-18;1-16-12-14-19(15-13-16)22-24-20(17-8-4-2-5-9-17)23-21(25-22)18-10-6-3-7-11-18;1-15-8-7-11-17(14-15)20-18-12-5-6-13-19(18)22-21(23-20)16-9-3-2-4-10-16;1-15-11-13-17(14-12-15)21-22-19-10-6-5-9-18(19)20(23-21)16-7-3-2-4-8-16;1-12-17-15(13-8-4-2-5-9-13)19-16(18-12)14-10-6-3-7-11-14/h2*2-15H,1H3;2*2-14H,1H3;2-11H,1H3. The van der Waals surface area contributed by atoms with Gasteiger partial charge in [-0.15, -0.1) is 0 Å². The summed E-state index contributed by atoms with van der Waals surface area (Å²) in [5.41, 5.74) is 21.0. The fourth-order valence-corrected chi connectivity index (χ4v) is 12.8. The van der Waals surface area contributed by atoms with Crippen LogP contribution in [-0.4, -0.2) is 64.8 Å². The first-order valence-electron chi connectivity index (χ1n) is 38.0. The highest BCUT2D eigenvalue weighted by Gasteiger charge is 2.17. The van der Waals surface area contributed by atoms with Gasteiger partial charge in [0.15, 0.2) is 58.2 Å². The highest BCUT2D eigenvalue weighted by atomic mass is 15.1. The van der Waals surface area contributed by atoms with E-state index in [4.69, 9.17) is 49.8 Å². The molecule has 0 saturated carbocycles. The Balaban J connectivity index is 0.000000113. The van der Waals surface area contributed by atoms with E-state index in [1.54, 1.807) is 0 Å². The van der Waals surface area contributed by atoms with Gasteiger partial charge in [0.05, 0.1) is 22.4 Å². The maximum atomic E-state index is 4.87. The zero-order chi connectivity index (χ0) is 78.5. The second-order valence-electron chi connectivity index (χ2n) is 27.4. The zero-order valence-electron chi connectivity index (χ0n) is 64.3. The number of benzene rings is 14. The molecule has 0 radical (unpaired) electrons. The fourth-order valence-electron chi connectivity index (χ4n) is 12.8. The van der Waals surface area contributed by atoms with Crippen LogP contribution < -0.4 is 0 Å².